The third kappa shape index (κ3) is 5.50. The van der Waals surface area contributed by atoms with Gasteiger partial charge in [0, 0.05) is 24.0 Å². The lowest BCUT2D eigenvalue weighted by Gasteiger charge is -2.07. The Balaban J connectivity index is 2.47. The van der Waals surface area contributed by atoms with Crippen LogP contribution >= 0.6 is 11.8 Å². The van der Waals surface area contributed by atoms with Crippen molar-refractivity contribution in [1.82, 2.24) is 15.3 Å². The maximum atomic E-state index is 4.55. The third-order valence-electron chi connectivity index (χ3n) is 2.45. The molecule has 0 atom stereocenters. The fraction of sp³-hybridized carbons (Fsp3) is 0.692. The molecule has 1 rings (SSSR count). The highest BCUT2D eigenvalue weighted by Crippen LogP contribution is 2.11. The Morgan fingerprint density at radius 2 is 2.12 bits per heavy atom. The average Bonchev–Trinajstić information content (AvgIpc) is 2.32. The number of nitrogens with zero attached hydrogens (tertiary/aromatic N) is 2. The number of hydrogen-bond acceptors (Lipinski definition) is 4. The van der Waals surface area contributed by atoms with Crippen molar-refractivity contribution in [2.75, 3.05) is 12.3 Å². The molecule has 96 valence electrons. The van der Waals surface area contributed by atoms with E-state index in [0.717, 1.165) is 36.8 Å². The normalized spacial score (nSPS) is 10.8. The molecule has 0 bridgehead atoms. The summed E-state index contributed by atoms with van der Waals surface area (Å²) in [4.78, 5) is 8.97. The van der Waals surface area contributed by atoms with Gasteiger partial charge in [-0.3, -0.25) is 0 Å². The molecule has 0 aromatic carbocycles. The molecule has 1 N–H and O–H groups in total. The first-order chi connectivity index (χ1) is 8.27. The zero-order valence-electron chi connectivity index (χ0n) is 11.1. The van der Waals surface area contributed by atoms with Crippen molar-refractivity contribution in [2.45, 2.75) is 45.9 Å². The lowest BCUT2D eigenvalue weighted by atomic mass is 10.2. The topological polar surface area (TPSA) is 37.8 Å². The van der Waals surface area contributed by atoms with E-state index in [9.17, 15) is 0 Å². The van der Waals surface area contributed by atoms with Crippen LogP contribution in [-0.4, -0.2) is 22.3 Å². The van der Waals surface area contributed by atoms with E-state index in [1.165, 1.54) is 17.7 Å². The van der Waals surface area contributed by atoms with Crippen LogP contribution in [0.5, 0.6) is 0 Å². The molecular formula is C13H23N3S. The molecule has 1 aromatic heterocycles. The summed E-state index contributed by atoms with van der Waals surface area (Å²) in [6.45, 7) is 8.36. The molecule has 0 saturated carbocycles. The van der Waals surface area contributed by atoms with Crippen molar-refractivity contribution < 1.29 is 0 Å². The van der Waals surface area contributed by atoms with Crippen molar-refractivity contribution in [2.24, 2.45) is 0 Å². The standard InChI is InChI=1S/C13H23N3S/c1-4-6-14-8-12-9-15-13(16-11(12)3)10-17-7-5-2/h9,14H,4-8,10H2,1-3H3. The van der Waals surface area contributed by atoms with E-state index < -0.39 is 0 Å². The average molecular weight is 253 g/mol. The molecule has 0 radical (unpaired) electrons. The SMILES string of the molecule is CCCNCc1cnc(CSCCC)nc1C. The molecule has 0 amide bonds. The van der Waals surface area contributed by atoms with Gasteiger partial charge in [0.05, 0.1) is 5.75 Å². The van der Waals surface area contributed by atoms with Gasteiger partial charge < -0.3 is 5.32 Å². The second kappa shape index (κ2) is 8.48. The number of rotatable bonds is 8. The van der Waals surface area contributed by atoms with Gasteiger partial charge in [0.15, 0.2) is 0 Å². The predicted octanol–water partition coefficient (Wildman–Crippen LogP) is 2.93. The molecule has 0 saturated heterocycles. The minimum absolute atomic E-state index is 0.877. The summed E-state index contributed by atoms with van der Waals surface area (Å²) in [6.07, 6.45) is 4.33. The Kier molecular flexibility index (Phi) is 7.21. The van der Waals surface area contributed by atoms with Crippen LogP contribution in [0.1, 0.15) is 43.8 Å². The summed E-state index contributed by atoms with van der Waals surface area (Å²) >= 11 is 1.90. The van der Waals surface area contributed by atoms with Crippen LogP contribution in [0.3, 0.4) is 0 Å². The van der Waals surface area contributed by atoms with E-state index in [0.29, 0.717) is 0 Å². The third-order valence-corrected chi connectivity index (χ3v) is 3.61. The van der Waals surface area contributed by atoms with Crippen LogP contribution in [-0.2, 0) is 12.3 Å². The van der Waals surface area contributed by atoms with E-state index in [1.807, 2.05) is 18.0 Å². The van der Waals surface area contributed by atoms with Crippen LogP contribution in [0.2, 0.25) is 0 Å². The van der Waals surface area contributed by atoms with Gasteiger partial charge >= 0.3 is 0 Å². The molecule has 1 aromatic rings. The first kappa shape index (κ1) is 14.5. The number of thioether (sulfide) groups is 1. The number of aryl methyl sites for hydroxylation is 1. The number of hydrogen-bond donors (Lipinski definition) is 1. The van der Waals surface area contributed by atoms with Crippen molar-refractivity contribution in [1.29, 1.82) is 0 Å². The van der Waals surface area contributed by atoms with Gasteiger partial charge in [0.25, 0.3) is 0 Å². The van der Waals surface area contributed by atoms with Gasteiger partial charge in [-0.05, 0) is 32.1 Å². The molecule has 1 heterocycles. The van der Waals surface area contributed by atoms with E-state index in [2.05, 4.69) is 36.1 Å². The molecule has 3 nitrogen and oxygen atoms in total. The zero-order valence-corrected chi connectivity index (χ0v) is 11.9. The fourth-order valence-corrected chi connectivity index (χ4v) is 2.25. The quantitative estimate of drug-likeness (QED) is 0.723. The molecule has 0 spiro atoms. The molecule has 4 heteroatoms. The van der Waals surface area contributed by atoms with Gasteiger partial charge in [0.2, 0.25) is 0 Å². The van der Waals surface area contributed by atoms with Crippen LogP contribution in [0, 0.1) is 6.92 Å². The number of aromatic nitrogens is 2. The summed E-state index contributed by atoms with van der Waals surface area (Å²) in [5.41, 5.74) is 2.32. The lowest BCUT2D eigenvalue weighted by Crippen LogP contribution is -2.15. The van der Waals surface area contributed by atoms with E-state index in [-0.39, 0.29) is 0 Å². The Bertz CT molecular complexity index is 328. The Morgan fingerprint density at radius 3 is 2.76 bits per heavy atom. The Hall–Kier alpha value is -0.610. The first-order valence-electron chi connectivity index (χ1n) is 6.37. The highest BCUT2D eigenvalue weighted by molar-refractivity contribution is 7.98. The Labute approximate surface area is 109 Å². The van der Waals surface area contributed by atoms with Crippen molar-refractivity contribution in [3.8, 4) is 0 Å². The van der Waals surface area contributed by atoms with Crippen molar-refractivity contribution >= 4 is 11.8 Å². The smallest absolute Gasteiger partial charge is 0.138 e. The van der Waals surface area contributed by atoms with Crippen LogP contribution in [0.4, 0.5) is 0 Å². The van der Waals surface area contributed by atoms with E-state index >= 15 is 0 Å². The minimum Gasteiger partial charge on any atom is -0.313 e. The first-order valence-corrected chi connectivity index (χ1v) is 7.53. The number of nitrogens with one attached hydrogen (secondary N) is 1. The van der Waals surface area contributed by atoms with Gasteiger partial charge in [0.1, 0.15) is 5.82 Å². The summed E-state index contributed by atoms with van der Waals surface area (Å²) in [5.74, 6) is 3.07. The molecule has 17 heavy (non-hydrogen) atoms. The summed E-state index contributed by atoms with van der Waals surface area (Å²) in [5, 5.41) is 3.38. The van der Waals surface area contributed by atoms with Crippen molar-refractivity contribution in [3.05, 3.63) is 23.3 Å². The monoisotopic (exact) mass is 253 g/mol. The molecule has 0 aliphatic carbocycles. The van der Waals surface area contributed by atoms with Gasteiger partial charge in [-0.2, -0.15) is 11.8 Å². The highest BCUT2D eigenvalue weighted by atomic mass is 32.2. The zero-order chi connectivity index (χ0) is 12.5. The lowest BCUT2D eigenvalue weighted by molar-refractivity contribution is 0.667. The molecule has 0 aliphatic heterocycles. The van der Waals surface area contributed by atoms with E-state index in [1.54, 1.807) is 0 Å². The summed E-state index contributed by atoms with van der Waals surface area (Å²) < 4.78 is 0. The van der Waals surface area contributed by atoms with E-state index in [4.69, 9.17) is 0 Å². The maximum absolute atomic E-state index is 4.55. The van der Waals surface area contributed by atoms with Crippen LogP contribution in [0.15, 0.2) is 6.20 Å². The predicted molar refractivity (Wildman–Crippen MR) is 75.2 cm³/mol. The summed E-state index contributed by atoms with van der Waals surface area (Å²) in [7, 11) is 0. The maximum Gasteiger partial charge on any atom is 0.138 e. The van der Waals surface area contributed by atoms with Gasteiger partial charge in [-0.15, -0.1) is 0 Å². The van der Waals surface area contributed by atoms with Gasteiger partial charge in [-0.25, -0.2) is 9.97 Å². The van der Waals surface area contributed by atoms with Gasteiger partial charge in [-0.1, -0.05) is 13.8 Å². The fourth-order valence-electron chi connectivity index (χ4n) is 1.49. The molecular weight excluding hydrogens is 230 g/mol. The Morgan fingerprint density at radius 1 is 1.29 bits per heavy atom. The second-order valence-corrected chi connectivity index (χ2v) is 5.23. The van der Waals surface area contributed by atoms with Crippen LogP contribution < -0.4 is 5.32 Å². The molecule has 0 unspecified atom stereocenters. The van der Waals surface area contributed by atoms with Crippen LogP contribution in [0.25, 0.3) is 0 Å². The van der Waals surface area contributed by atoms with Crippen molar-refractivity contribution in [3.63, 3.8) is 0 Å². The molecule has 0 aliphatic rings. The highest BCUT2D eigenvalue weighted by Gasteiger charge is 2.03. The molecule has 0 fully saturated rings. The largest absolute Gasteiger partial charge is 0.313 e. The second-order valence-electron chi connectivity index (χ2n) is 4.13. The minimum atomic E-state index is 0.877. The summed E-state index contributed by atoms with van der Waals surface area (Å²) in [6, 6.07) is 0.